The SMILES string of the molecule is Cc1ccc(C(=O)N2CC3C4C=CC(C4)C3C2)cc1. The number of hydrogen-bond acceptors (Lipinski definition) is 1. The van der Waals surface area contributed by atoms with Gasteiger partial charge in [-0.25, -0.2) is 0 Å². The van der Waals surface area contributed by atoms with Crippen molar-refractivity contribution < 1.29 is 4.79 Å². The fraction of sp³-hybridized carbons (Fsp3) is 0.471. The van der Waals surface area contributed by atoms with Crippen LogP contribution in [0.4, 0.5) is 0 Å². The fourth-order valence-corrected chi connectivity index (χ4v) is 4.20. The summed E-state index contributed by atoms with van der Waals surface area (Å²) in [6.45, 7) is 3.98. The van der Waals surface area contributed by atoms with Crippen LogP contribution in [0, 0.1) is 30.6 Å². The van der Waals surface area contributed by atoms with E-state index in [0.717, 1.165) is 42.3 Å². The number of nitrogens with zero attached hydrogens (tertiary/aromatic N) is 1. The molecule has 2 nitrogen and oxygen atoms in total. The Morgan fingerprint density at radius 3 is 2.21 bits per heavy atom. The molecular weight excluding hydrogens is 234 g/mol. The van der Waals surface area contributed by atoms with Crippen LogP contribution in [-0.2, 0) is 0 Å². The van der Waals surface area contributed by atoms with Gasteiger partial charge in [0.25, 0.3) is 5.91 Å². The van der Waals surface area contributed by atoms with E-state index in [0.29, 0.717) is 0 Å². The topological polar surface area (TPSA) is 20.3 Å². The van der Waals surface area contributed by atoms with E-state index < -0.39 is 0 Å². The summed E-state index contributed by atoms with van der Waals surface area (Å²) in [7, 11) is 0. The second-order valence-electron chi connectivity index (χ2n) is 6.35. The molecule has 1 saturated heterocycles. The molecular formula is C17H19NO. The molecule has 2 heteroatoms. The Kier molecular flexibility index (Phi) is 2.35. The Hall–Kier alpha value is -1.57. The van der Waals surface area contributed by atoms with Crippen molar-refractivity contribution in [3.05, 3.63) is 47.5 Å². The molecule has 1 aromatic rings. The second-order valence-corrected chi connectivity index (χ2v) is 6.35. The quantitative estimate of drug-likeness (QED) is 0.705. The highest BCUT2D eigenvalue weighted by molar-refractivity contribution is 5.94. The summed E-state index contributed by atoms with van der Waals surface area (Å²) in [6, 6.07) is 7.96. The monoisotopic (exact) mass is 253 g/mol. The van der Waals surface area contributed by atoms with Crippen molar-refractivity contribution in [2.75, 3.05) is 13.1 Å². The molecule has 1 heterocycles. The zero-order valence-corrected chi connectivity index (χ0v) is 11.3. The van der Waals surface area contributed by atoms with Crippen molar-refractivity contribution in [1.82, 2.24) is 4.90 Å². The van der Waals surface area contributed by atoms with Gasteiger partial charge in [-0.1, -0.05) is 29.8 Å². The van der Waals surface area contributed by atoms with E-state index in [1.165, 1.54) is 12.0 Å². The Morgan fingerprint density at radius 2 is 1.63 bits per heavy atom. The molecule has 2 aliphatic carbocycles. The number of amides is 1. The van der Waals surface area contributed by atoms with Crippen molar-refractivity contribution in [2.45, 2.75) is 13.3 Å². The summed E-state index contributed by atoms with van der Waals surface area (Å²) in [4.78, 5) is 14.6. The number of carbonyl (C=O) groups excluding carboxylic acids is 1. The number of rotatable bonds is 1. The molecule has 2 fully saturated rings. The Morgan fingerprint density at radius 1 is 1.05 bits per heavy atom. The summed E-state index contributed by atoms with van der Waals surface area (Å²) in [5.41, 5.74) is 2.04. The fourth-order valence-electron chi connectivity index (χ4n) is 4.20. The van der Waals surface area contributed by atoms with Gasteiger partial charge >= 0.3 is 0 Å². The van der Waals surface area contributed by atoms with Crippen molar-refractivity contribution in [3.8, 4) is 0 Å². The number of fused-ring (bicyclic) bond motifs is 5. The summed E-state index contributed by atoms with van der Waals surface area (Å²) < 4.78 is 0. The molecule has 3 aliphatic rings. The van der Waals surface area contributed by atoms with E-state index in [9.17, 15) is 4.79 Å². The number of benzene rings is 1. The molecule has 0 N–H and O–H groups in total. The maximum Gasteiger partial charge on any atom is 0.253 e. The minimum Gasteiger partial charge on any atom is -0.338 e. The van der Waals surface area contributed by atoms with Crippen LogP contribution in [0.25, 0.3) is 0 Å². The number of allylic oxidation sites excluding steroid dienone is 2. The van der Waals surface area contributed by atoms with E-state index in [4.69, 9.17) is 0 Å². The van der Waals surface area contributed by atoms with Gasteiger partial charge in [-0.2, -0.15) is 0 Å². The van der Waals surface area contributed by atoms with Crippen LogP contribution >= 0.6 is 0 Å². The van der Waals surface area contributed by atoms with Gasteiger partial charge in [0, 0.05) is 18.7 Å². The predicted octanol–water partition coefficient (Wildman–Crippen LogP) is 2.89. The van der Waals surface area contributed by atoms with Crippen molar-refractivity contribution in [2.24, 2.45) is 23.7 Å². The predicted molar refractivity (Wildman–Crippen MR) is 74.8 cm³/mol. The molecule has 0 radical (unpaired) electrons. The highest BCUT2D eigenvalue weighted by Gasteiger charge is 2.50. The highest BCUT2D eigenvalue weighted by atomic mass is 16.2. The first-order valence-electron chi connectivity index (χ1n) is 7.26. The average molecular weight is 253 g/mol. The summed E-state index contributed by atoms with van der Waals surface area (Å²) in [6.07, 6.45) is 6.10. The maximum absolute atomic E-state index is 12.5. The maximum atomic E-state index is 12.5. The lowest BCUT2D eigenvalue weighted by Gasteiger charge is -2.18. The molecule has 1 aromatic carbocycles. The van der Waals surface area contributed by atoms with Crippen LogP contribution < -0.4 is 0 Å². The zero-order chi connectivity index (χ0) is 13.0. The molecule has 4 rings (SSSR count). The highest BCUT2D eigenvalue weighted by Crippen LogP contribution is 2.51. The van der Waals surface area contributed by atoms with Gasteiger partial charge in [-0.05, 0) is 49.1 Å². The normalized spacial score (nSPS) is 34.9. The van der Waals surface area contributed by atoms with E-state index in [2.05, 4.69) is 24.0 Å². The number of aryl methyl sites for hydroxylation is 1. The lowest BCUT2D eigenvalue weighted by molar-refractivity contribution is 0.0777. The van der Waals surface area contributed by atoms with Crippen LogP contribution in [0.2, 0.25) is 0 Å². The first-order chi connectivity index (χ1) is 9.22. The van der Waals surface area contributed by atoms with E-state index in [1.807, 2.05) is 24.3 Å². The van der Waals surface area contributed by atoms with E-state index >= 15 is 0 Å². The second kappa shape index (κ2) is 3.96. The lowest BCUT2D eigenvalue weighted by atomic mass is 9.86. The van der Waals surface area contributed by atoms with Crippen LogP contribution in [-0.4, -0.2) is 23.9 Å². The molecule has 4 atom stereocenters. The summed E-state index contributed by atoms with van der Waals surface area (Å²) in [5.74, 6) is 3.15. The smallest absolute Gasteiger partial charge is 0.253 e. The van der Waals surface area contributed by atoms with Crippen LogP contribution in [0.5, 0.6) is 0 Å². The Labute approximate surface area is 114 Å². The standard InChI is InChI=1S/C17H19NO/c1-11-2-4-12(5-3-11)17(19)18-9-15-13-6-7-14(8-13)16(15)10-18/h2-7,13-16H,8-10H2,1H3. The molecule has 4 unspecified atom stereocenters. The molecule has 1 saturated carbocycles. The summed E-state index contributed by atoms with van der Waals surface area (Å²) >= 11 is 0. The van der Waals surface area contributed by atoms with Gasteiger partial charge in [0.2, 0.25) is 0 Å². The minimum absolute atomic E-state index is 0.216. The molecule has 0 spiro atoms. The first-order valence-corrected chi connectivity index (χ1v) is 7.26. The van der Waals surface area contributed by atoms with E-state index in [-0.39, 0.29) is 5.91 Å². The van der Waals surface area contributed by atoms with Gasteiger partial charge < -0.3 is 4.90 Å². The molecule has 19 heavy (non-hydrogen) atoms. The van der Waals surface area contributed by atoms with Crippen molar-refractivity contribution >= 4 is 5.91 Å². The molecule has 0 aromatic heterocycles. The largest absolute Gasteiger partial charge is 0.338 e. The molecule has 98 valence electrons. The van der Waals surface area contributed by atoms with Gasteiger partial charge in [-0.15, -0.1) is 0 Å². The lowest BCUT2D eigenvalue weighted by Crippen LogP contribution is -2.30. The van der Waals surface area contributed by atoms with Crippen molar-refractivity contribution in [1.29, 1.82) is 0 Å². The Balaban J connectivity index is 1.53. The van der Waals surface area contributed by atoms with Crippen LogP contribution in [0.15, 0.2) is 36.4 Å². The molecule has 2 bridgehead atoms. The van der Waals surface area contributed by atoms with Gasteiger partial charge in [0.1, 0.15) is 0 Å². The van der Waals surface area contributed by atoms with Gasteiger partial charge in [-0.3, -0.25) is 4.79 Å². The third-order valence-electron chi connectivity index (χ3n) is 5.25. The van der Waals surface area contributed by atoms with Crippen LogP contribution in [0.3, 0.4) is 0 Å². The summed E-state index contributed by atoms with van der Waals surface area (Å²) in [5, 5.41) is 0. The molecule has 1 aliphatic heterocycles. The molecule has 1 amide bonds. The van der Waals surface area contributed by atoms with E-state index in [1.54, 1.807) is 0 Å². The minimum atomic E-state index is 0.216. The number of likely N-dealkylation sites (tertiary alicyclic amines) is 1. The average Bonchev–Trinajstić information content (AvgIpc) is 3.11. The van der Waals surface area contributed by atoms with Gasteiger partial charge in [0.05, 0.1) is 0 Å². The third-order valence-corrected chi connectivity index (χ3v) is 5.25. The first kappa shape index (κ1) is 11.3. The number of carbonyl (C=O) groups is 1. The zero-order valence-electron chi connectivity index (χ0n) is 11.3. The van der Waals surface area contributed by atoms with Gasteiger partial charge in [0.15, 0.2) is 0 Å². The van der Waals surface area contributed by atoms with Crippen molar-refractivity contribution in [3.63, 3.8) is 0 Å². The van der Waals surface area contributed by atoms with Crippen LogP contribution in [0.1, 0.15) is 22.3 Å². The third kappa shape index (κ3) is 1.66. The number of hydrogen-bond donors (Lipinski definition) is 0. The Bertz CT molecular complexity index is 525.